The molecule has 2 aliphatic rings. The van der Waals surface area contributed by atoms with Gasteiger partial charge < -0.3 is 9.97 Å². The Morgan fingerprint density at radius 1 is 0.500 bits per heavy atom. The van der Waals surface area contributed by atoms with Crippen LogP contribution in [-0.4, -0.2) is 19.9 Å². The fourth-order valence-corrected chi connectivity index (χ4v) is 2.94. The maximum Gasteiger partial charge on any atom is 1.00 e. The molecule has 0 aromatic carbocycles. The van der Waals surface area contributed by atoms with E-state index in [0.29, 0.717) is 0 Å². The van der Waals surface area contributed by atoms with Crippen molar-refractivity contribution in [1.82, 2.24) is 19.9 Å². The zero-order chi connectivity index (χ0) is 15.9. The molecule has 0 aliphatic carbocycles. The Hall–Kier alpha value is -3.40. The number of aromatic nitrogens is 4. The molecule has 2 N–H and O–H groups in total. The van der Waals surface area contributed by atoms with E-state index in [0.717, 1.165) is 44.8 Å². The Morgan fingerprint density at radius 3 is 1.08 bits per heavy atom. The number of fused-ring (bicyclic) bond motifs is 8. The van der Waals surface area contributed by atoms with Gasteiger partial charge in [0.1, 0.15) is 0 Å². The fourth-order valence-electron chi connectivity index (χ4n) is 2.94. The maximum atomic E-state index is 4.63. The average Bonchev–Trinajstić information content (AvgIpc) is 3.32. The second-order valence-corrected chi connectivity index (χ2v) is 5.91. The highest BCUT2D eigenvalue weighted by molar-refractivity contribution is 5.77. The van der Waals surface area contributed by atoms with Gasteiger partial charge in [-0.3, -0.25) is 0 Å². The number of H-pyrrole nitrogens is 2. The van der Waals surface area contributed by atoms with Crippen LogP contribution in [-0.2, 0) is 0 Å². The molecule has 0 saturated heterocycles. The zero-order valence-corrected chi connectivity index (χ0v) is 12.8. The fraction of sp³-hybridized carbons (Fsp3) is 0. The molecule has 0 radical (unpaired) electrons. The average molecular weight is 311 g/mol. The molecule has 3 aromatic rings. The topological polar surface area (TPSA) is 57.4 Å². The van der Waals surface area contributed by atoms with Crippen molar-refractivity contribution >= 4 is 46.4 Å². The van der Waals surface area contributed by atoms with Crippen molar-refractivity contribution in [2.75, 3.05) is 0 Å². The number of aromatic amines is 2. The molecule has 0 fully saturated rings. The first kappa shape index (κ1) is 13.1. The first-order valence-electron chi connectivity index (χ1n) is 7.85. The largest absolute Gasteiger partial charge is 1.00 e. The predicted molar refractivity (Wildman–Crippen MR) is 100.0 cm³/mol. The molecule has 24 heavy (non-hydrogen) atoms. The highest BCUT2D eigenvalue weighted by Gasteiger charge is 2.00. The molecule has 5 rings (SSSR count). The van der Waals surface area contributed by atoms with Gasteiger partial charge in [0, 0.05) is 22.1 Å². The summed E-state index contributed by atoms with van der Waals surface area (Å²) < 4.78 is 0. The van der Waals surface area contributed by atoms with E-state index in [-0.39, 0.29) is 1.43 Å². The van der Waals surface area contributed by atoms with Crippen molar-refractivity contribution in [3.8, 4) is 0 Å². The summed E-state index contributed by atoms with van der Waals surface area (Å²) in [6.07, 6.45) is 8.09. The summed E-state index contributed by atoms with van der Waals surface area (Å²) in [4.78, 5) is 16.0. The van der Waals surface area contributed by atoms with Crippen LogP contribution >= 0.6 is 0 Å². The van der Waals surface area contributed by atoms with Gasteiger partial charge in [-0.2, -0.15) is 0 Å². The van der Waals surface area contributed by atoms with Crippen molar-refractivity contribution in [3.63, 3.8) is 0 Å². The second-order valence-electron chi connectivity index (χ2n) is 5.91. The van der Waals surface area contributed by atoms with Crippen LogP contribution in [0.15, 0.2) is 48.5 Å². The summed E-state index contributed by atoms with van der Waals surface area (Å²) in [6, 6.07) is 16.4. The third-order valence-electron chi connectivity index (χ3n) is 4.04. The molecular formula is C20H15N4+. The second kappa shape index (κ2) is 5.06. The van der Waals surface area contributed by atoms with Gasteiger partial charge in [-0.15, -0.1) is 0 Å². The van der Waals surface area contributed by atoms with Gasteiger partial charge in [-0.05, 0) is 72.8 Å². The summed E-state index contributed by atoms with van der Waals surface area (Å²) in [7, 11) is 0. The lowest BCUT2D eigenvalue weighted by atomic mass is 10.3. The quantitative estimate of drug-likeness (QED) is 0.433. The van der Waals surface area contributed by atoms with E-state index in [4.69, 9.17) is 0 Å². The Kier molecular flexibility index (Phi) is 2.76. The lowest BCUT2D eigenvalue weighted by molar-refractivity contribution is 1.31. The van der Waals surface area contributed by atoms with Gasteiger partial charge in [0.25, 0.3) is 0 Å². The van der Waals surface area contributed by atoms with E-state index in [2.05, 4.69) is 44.2 Å². The smallest absolute Gasteiger partial charge is 0.355 e. The molecule has 0 unspecified atom stereocenters. The van der Waals surface area contributed by atoms with E-state index < -0.39 is 0 Å². The van der Waals surface area contributed by atoms with Crippen molar-refractivity contribution in [3.05, 3.63) is 71.3 Å². The van der Waals surface area contributed by atoms with Crippen molar-refractivity contribution in [2.45, 2.75) is 0 Å². The van der Waals surface area contributed by atoms with E-state index in [1.807, 2.05) is 48.6 Å². The molecule has 0 atom stereocenters. The highest BCUT2D eigenvalue weighted by atomic mass is 14.8. The van der Waals surface area contributed by atoms with Gasteiger partial charge in [-0.25, -0.2) is 9.97 Å². The Balaban J connectivity index is 0.00000157. The summed E-state index contributed by atoms with van der Waals surface area (Å²) in [5.41, 5.74) is 7.86. The molecule has 0 saturated carbocycles. The van der Waals surface area contributed by atoms with Crippen molar-refractivity contribution in [1.29, 1.82) is 0 Å². The molecular weight excluding hydrogens is 296 g/mol. The predicted octanol–water partition coefficient (Wildman–Crippen LogP) is 4.77. The van der Waals surface area contributed by atoms with Gasteiger partial charge in [0.2, 0.25) is 0 Å². The minimum absolute atomic E-state index is 0. The molecule has 0 spiro atoms. The molecule has 114 valence electrons. The van der Waals surface area contributed by atoms with Crippen LogP contribution < -0.4 is 0 Å². The van der Waals surface area contributed by atoms with Crippen LogP contribution in [0.5, 0.6) is 0 Å². The Bertz CT molecular complexity index is 990. The van der Waals surface area contributed by atoms with Crippen LogP contribution in [0.3, 0.4) is 0 Å². The molecule has 8 bridgehead atoms. The van der Waals surface area contributed by atoms with Gasteiger partial charge >= 0.3 is 1.43 Å². The van der Waals surface area contributed by atoms with Gasteiger partial charge in [0.15, 0.2) is 0 Å². The summed E-state index contributed by atoms with van der Waals surface area (Å²) in [5, 5.41) is 0. The summed E-state index contributed by atoms with van der Waals surface area (Å²) in [6.45, 7) is 0. The Morgan fingerprint density at radius 2 is 0.792 bits per heavy atom. The van der Waals surface area contributed by atoms with Crippen LogP contribution in [0, 0.1) is 0 Å². The van der Waals surface area contributed by atoms with Gasteiger partial charge in [0.05, 0.1) is 22.8 Å². The number of hydrogen-bond acceptors (Lipinski definition) is 2. The lowest BCUT2D eigenvalue weighted by Crippen LogP contribution is -1.75. The number of nitrogens with one attached hydrogen (secondary N) is 2. The third-order valence-corrected chi connectivity index (χ3v) is 4.04. The minimum Gasteiger partial charge on any atom is -0.355 e. The summed E-state index contributed by atoms with van der Waals surface area (Å²) in [5.74, 6) is 0. The lowest BCUT2D eigenvalue weighted by Gasteiger charge is -1.85. The minimum atomic E-state index is 0. The number of rotatable bonds is 0. The standard InChI is InChI=1S/C20H14N4/c1-2-14-10-16-5-6-18(23-16)12-20-8-7-19(24-20)11-17-4-3-15(22-17)9-13(1)21-14/h1-12,21,24H/p+1. The molecule has 3 aromatic heterocycles. The third kappa shape index (κ3) is 2.44. The summed E-state index contributed by atoms with van der Waals surface area (Å²) >= 11 is 0. The normalized spacial score (nSPS) is 12.7. The molecule has 2 aliphatic heterocycles. The first-order valence-corrected chi connectivity index (χ1v) is 7.85. The molecule has 4 heteroatoms. The van der Waals surface area contributed by atoms with Crippen LogP contribution in [0.4, 0.5) is 0 Å². The van der Waals surface area contributed by atoms with E-state index in [1.54, 1.807) is 0 Å². The Labute approximate surface area is 139 Å². The monoisotopic (exact) mass is 311 g/mol. The molecule has 0 amide bonds. The number of nitrogens with zero attached hydrogens (tertiary/aromatic N) is 2. The number of hydrogen-bond donors (Lipinski definition) is 2. The molecule has 5 heterocycles. The van der Waals surface area contributed by atoms with E-state index in [9.17, 15) is 0 Å². The van der Waals surface area contributed by atoms with E-state index in [1.165, 1.54) is 0 Å². The first-order chi connectivity index (χ1) is 11.8. The zero-order valence-electron chi connectivity index (χ0n) is 13.8. The van der Waals surface area contributed by atoms with Gasteiger partial charge in [-0.1, -0.05) is 0 Å². The SMILES string of the molecule is C1=Cc2cc3ccc(cc4nc(cc5ccc(cc1n2)[nH]5)C=C4)[nH]3.[H+]. The van der Waals surface area contributed by atoms with Crippen LogP contribution in [0.1, 0.15) is 24.2 Å². The van der Waals surface area contributed by atoms with Crippen LogP contribution in [0.2, 0.25) is 0 Å². The van der Waals surface area contributed by atoms with Crippen molar-refractivity contribution in [2.24, 2.45) is 0 Å². The van der Waals surface area contributed by atoms with Crippen molar-refractivity contribution < 1.29 is 1.43 Å². The van der Waals surface area contributed by atoms with E-state index >= 15 is 0 Å². The maximum absolute atomic E-state index is 4.63. The highest BCUT2D eigenvalue weighted by Crippen LogP contribution is 2.16. The van der Waals surface area contributed by atoms with Crippen LogP contribution in [0.25, 0.3) is 46.4 Å². The molecule has 4 nitrogen and oxygen atoms in total.